The molecule has 0 saturated carbocycles. The van der Waals surface area contributed by atoms with Crippen molar-refractivity contribution in [2.24, 2.45) is 15.9 Å². The summed E-state index contributed by atoms with van der Waals surface area (Å²) >= 11 is 0. The molecular weight excluding hydrogens is 319 g/mol. The predicted molar refractivity (Wildman–Crippen MR) is 94.6 cm³/mol. The van der Waals surface area contributed by atoms with Gasteiger partial charge in [-0.15, -0.1) is 0 Å². The Bertz CT molecular complexity index is 861. The van der Waals surface area contributed by atoms with E-state index in [1.165, 1.54) is 12.1 Å². The summed E-state index contributed by atoms with van der Waals surface area (Å²) in [5.74, 6) is -0.743. The average molecular weight is 336 g/mol. The van der Waals surface area contributed by atoms with Crippen LogP contribution in [0.2, 0.25) is 0 Å². The van der Waals surface area contributed by atoms with Gasteiger partial charge in [0.15, 0.2) is 0 Å². The molecule has 6 heteroatoms. The lowest BCUT2D eigenvalue weighted by atomic mass is 9.91. The smallest absolute Gasteiger partial charge is 0.273 e. The second-order valence-electron chi connectivity index (χ2n) is 6.12. The van der Waals surface area contributed by atoms with Crippen LogP contribution in [-0.2, 0) is 4.79 Å². The van der Waals surface area contributed by atoms with Crippen LogP contribution in [-0.4, -0.2) is 35.4 Å². The van der Waals surface area contributed by atoms with E-state index in [9.17, 15) is 9.18 Å². The molecule has 1 unspecified atom stereocenters. The molecule has 4 rings (SSSR count). The summed E-state index contributed by atoms with van der Waals surface area (Å²) in [6.45, 7) is 3.02. The Balaban J connectivity index is 1.89. The summed E-state index contributed by atoms with van der Waals surface area (Å²) in [6.07, 6.45) is 1.71. The second kappa shape index (κ2) is 6.20. The number of pyridine rings is 1. The molecule has 2 aliphatic rings. The Morgan fingerprint density at radius 2 is 1.84 bits per heavy atom. The fourth-order valence-electron chi connectivity index (χ4n) is 3.50. The molecule has 1 aromatic carbocycles. The number of halogens is 1. The predicted octanol–water partition coefficient (Wildman–Crippen LogP) is 2.84. The van der Waals surface area contributed by atoms with Crippen LogP contribution in [0.4, 0.5) is 10.1 Å². The lowest BCUT2D eigenvalue weighted by Gasteiger charge is -2.27. The van der Waals surface area contributed by atoms with Crippen molar-refractivity contribution in [3.8, 4) is 0 Å². The zero-order valence-electron chi connectivity index (χ0n) is 13.8. The van der Waals surface area contributed by atoms with Crippen LogP contribution < -0.4 is 4.90 Å². The first-order valence-electron chi connectivity index (χ1n) is 8.22. The van der Waals surface area contributed by atoms with Crippen LogP contribution >= 0.6 is 0 Å². The molecule has 2 aromatic rings. The molecule has 0 aliphatic carbocycles. The number of hydrogen-bond acceptors (Lipinski definition) is 4. The monoisotopic (exact) mass is 336 g/mol. The van der Waals surface area contributed by atoms with Crippen LogP contribution in [0.25, 0.3) is 0 Å². The maximum Gasteiger partial charge on any atom is 0.273 e. The molecule has 3 heterocycles. The third-order valence-electron chi connectivity index (χ3n) is 4.62. The van der Waals surface area contributed by atoms with E-state index in [2.05, 4.69) is 15.0 Å². The number of aromatic nitrogens is 1. The molecule has 25 heavy (non-hydrogen) atoms. The van der Waals surface area contributed by atoms with Gasteiger partial charge in [0.25, 0.3) is 5.91 Å². The molecule has 0 bridgehead atoms. The summed E-state index contributed by atoms with van der Waals surface area (Å²) < 4.78 is 13.3. The Labute approximate surface area is 144 Å². The standard InChI is InChI=1S/C19H17FN4O/c1-12-16-17(23-11-10-21-12)19(25)24(14-7-5-13(20)6-8-14)18(16)15-4-2-3-9-22-15/h2-9,16,18H,10-11H2,1H3/t16?,18-/m0/s1. The van der Waals surface area contributed by atoms with E-state index in [-0.39, 0.29) is 23.7 Å². The second-order valence-corrected chi connectivity index (χ2v) is 6.12. The van der Waals surface area contributed by atoms with E-state index in [0.29, 0.717) is 24.5 Å². The van der Waals surface area contributed by atoms with Crippen LogP contribution in [0.3, 0.4) is 0 Å². The van der Waals surface area contributed by atoms with Crippen molar-refractivity contribution in [3.63, 3.8) is 0 Å². The highest BCUT2D eigenvalue weighted by molar-refractivity contribution is 6.50. The summed E-state index contributed by atoms with van der Waals surface area (Å²) in [7, 11) is 0. The molecule has 1 fully saturated rings. The highest BCUT2D eigenvalue weighted by Gasteiger charge is 2.49. The number of carbonyl (C=O) groups is 1. The molecule has 126 valence electrons. The minimum atomic E-state index is -0.339. The molecular formula is C19H17FN4O. The van der Waals surface area contributed by atoms with Gasteiger partial charge in [0.2, 0.25) is 0 Å². The van der Waals surface area contributed by atoms with Gasteiger partial charge in [0, 0.05) is 17.6 Å². The minimum Gasteiger partial charge on any atom is -0.297 e. The highest BCUT2D eigenvalue weighted by Crippen LogP contribution is 2.40. The van der Waals surface area contributed by atoms with Gasteiger partial charge in [-0.2, -0.15) is 0 Å². The topological polar surface area (TPSA) is 57.9 Å². The first-order valence-corrected chi connectivity index (χ1v) is 8.22. The van der Waals surface area contributed by atoms with Gasteiger partial charge < -0.3 is 0 Å². The Morgan fingerprint density at radius 1 is 1.08 bits per heavy atom. The summed E-state index contributed by atoms with van der Waals surface area (Å²) in [5, 5.41) is 0. The molecule has 2 aliphatic heterocycles. The molecule has 2 atom stereocenters. The van der Waals surface area contributed by atoms with E-state index in [1.54, 1.807) is 23.2 Å². The maximum atomic E-state index is 13.3. The van der Waals surface area contributed by atoms with Gasteiger partial charge in [-0.1, -0.05) is 6.07 Å². The number of fused-ring (bicyclic) bond motifs is 1. The largest absolute Gasteiger partial charge is 0.297 e. The maximum absolute atomic E-state index is 13.3. The van der Waals surface area contributed by atoms with Crippen LogP contribution in [0.5, 0.6) is 0 Å². The third kappa shape index (κ3) is 2.63. The number of amides is 1. The molecule has 1 saturated heterocycles. The number of carbonyl (C=O) groups excluding carboxylic acids is 1. The van der Waals surface area contributed by atoms with Crippen molar-refractivity contribution in [1.29, 1.82) is 0 Å². The minimum absolute atomic E-state index is 0.163. The number of aliphatic imine (C=N–C) groups is 2. The van der Waals surface area contributed by atoms with Crippen molar-refractivity contribution >= 4 is 23.0 Å². The average Bonchev–Trinajstić information content (AvgIpc) is 2.78. The summed E-state index contributed by atoms with van der Waals surface area (Å²) in [5.41, 5.74) is 2.79. The zero-order valence-corrected chi connectivity index (χ0v) is 13.8. The van der Waals surface area contributed by atoms with Crippen LogP contribution in [0.1, 0.15) is 18.7 Å². The molecule has 1 amide bonds. The van der Waals surface area contributed by atoms with E-state index in [1.807, 2.05) is 25.1 Å². The number of anilines is 1. The highest BCUT2D eigenvalue weighted by atomic mass is 19.1. The van der Waals surface area contributed by atoms with Crippen molar-refractivity contribution in [2.75, 3.05) is 18.0 Å². The quantitative estimate of drug-likeness (QED) is 0.847. The van der Waals surface area contributed by atoms with Gasteiger partial charge in [-0.05, 0) is 43.3 Å². The molecule has 0 N–H and O–H groups in total. The zero-order chi connectivity index (χ0) is 17.4. The van der Waals surface area contributed by atoms with Gasteiger partial charge in [-0.25, -0.2) is 4.39 Å². The molecule has 1 aromatic heterocycles. The van der Waals surface area contributed by atoms with Crippen molar-refractivity contribution in [1.82, 2.24) is 4.98 Å². The number of benzene rings is 1. The van der Waals surface area contributed by atoms with E-state index in [0.717, 1.165) is 11.4 Å². The van der Waals surface area contributed by atoms with Gasteiger partial charge in [0.05, 0.1) is 30.7 Å². The lowest BCUT2D eigenvalue weighted by Crippen LogP contribution is -2.31. The number of nitrogens with zero attached hydrogens (tertiary/aromatic N) is 4. The van der Waals surface area contributed by atoms with Gasteiger partial charge in [0.1, 0.15) is 11.5 Å². The normalized spacial score (nSPS) is 23.0. The SMILES string of the molecule is CC1=NCCN=C2C(=O)N(c3ccc(F)cc3)[C@@H](c3ccccn3)C12. The van der Waals surface area contributed by atoms with Crippen molar-refractivity contribution in [3.05, 3.63) is 60.2 Å². The van der Waals surface area contributed by atoms with Gasteiger partial charge in [-0.3, -0.25) is 24.7 Å². The van der Waals surface area contributed by atoms with E-state index in [4.69, 9.17) is 0 Å². The lowest BCUT2D eigenvalue weighted by molar-refractivity contribution is -0.112. The molecule has 0 spiro atoms. The van der Waals surface area contributed by atoms with Crippen molar-refractivity contribution in [2.45, 2.75) is 13.0 Å². The molecule has 5 nitrogen and oxygen atoms in total. The fraction of sp³-hybridized carbons (Fsp3) is 0.263. The van der Waals surface area contributed by atoms with E-state index >= 15 is 0 Å². The first-order chi connectivity index (χ1) is 12.2. The third-order valence-corrected chi connectivity index (χ3v) is 4.62. The van der Waals surface area contributed by atoms with Gasteiger partial charge >= 0.3 is 0 Å². The Hall–Kier alpha value is -2.89. The fourth-order valence-corrected chi connectivity index (χ4v) is 3.50. The number of rotatable bonds is 2. The summed E-state index contributed by atoms with van der Waals surface area (Å²) in [6, 6.07) is 11.2. The summed E-state index contributed by atoms with van der Waals surface area (Å²) in [4.78, 5) is 28.3. The van der Waals surface area contributed by atoms with E-state index < -0.39 is 0 Å². The van der Waals surface area contributed by atoms with Crippen LogP contribution in [0, 0.1) is 11.7 Å². The first kappa shape index (κ1) is 15.6. The Morgan fingerprint density at radius 3 is 2.56 bits per heavy atom. The van der Waals surface area contributed by atoms with Crippen LogP contribution in [0.15, 0.2) is 58.6 Å². The number of hydrogen-bond donors (Lipinski definition) is 0. The molecule has 0 radical (unpaired) electrons. The Kier molecular flexibility index (Phi) is 3.87. The van der Waals surface area contributed by atoms with Crippen molar-refractivity contribution < 1.29 is 9.18 Å².